The molecule has 2 heteroatoms. The summed E-state index contributed by atoms with van der Waals surface area (Å²) in [6, 6.07) is 0. The molecule has 1 saturated carbocycles. The molecular formula is C21H31NO. The SMILES string of the molecule is CCOC1=C[C@@]2(N(C)C)C(C3=CCCCC3)=C[C@@]13CCCC[C@H]32. The molecule has 0 heterocycles. The van der Waals surface area contributed by atoms with E-state index in [0.29, 0.717) is 5.92 Å². The lowest BCUT2D eigenvalue weighted by atomic mass is 9.66. The van der Waals surface area contributed by atoms with Crippen molar-refractivity contribution < 1.29 is 4.74 Å². The van der Waals surface area contributed by atoms with E-state index >= 15 is 0 Å². The van der Waals surface area contributed by atoms with Crippen LogP contribution in [0.5, 0.6) is 0 Å². The molecule has 2 bridgehead atoms. The summed E-state index contributed by atoms with van der Waals surface area (Å²) in [6.45, 7) is 2.91. The molecule has 4 aliphatic carbocycles. The summed E-state index contributed by atoms with van der Waals surface area (Å²) in [5.41, 5.74) is 3.52. The van der Waals surface area contributed by atoms with Gasteiger partial charge in [0, 0.05) is 5.92 Å². The standard InChI is InChI=1S/C21H31NO/c1-4-23-19-15-21(22(2)3)17(16-10-6-5-7-11-16)14-20(19)13-9-8-12-18(20)21/h10,14-15,18H,4-9,11-13H2,1-3H3/t18-,20-,21-/m1/s1. The maximum atomic E-state index is 6.18. The molecule has 3 atom stereocenters. The molecule has 0 aromatic heterocycles. The fourth-order valence-electron chi connectivity index (χ4n) is 5.87. The van der Waals surface area contributed by atoms with Crippen LogP contribution in [0.25, 0.3) is 0 Å². The number of likely N-dealkylation sites (N-methyl/N-ethyl adjacent to an activating group) is 1. The zero-order chi connectivity index (χ0) is 16.1. The van der Waals surface area contributed by atoms with Crippen LogP contribution in [0.3, 0.4) is 0 Å². The van der Waals surface area contributed by atoms with E-state index in [1.54, 1.807) is 11.1 Å². The molecule has 4 rings (SSSR count). The van der Waals surface area contributed by atoms with Crippen LogP contribution >= 0.6 is 0 Å². The molecule has 0 radical (unpaired) electrons. The molecule has 0 spiro atoms. The van der Waals surface area contributed by atoms with Crippen molar-refractivity contribution in [2.45, 2.75) is 63.8 Å². The van der Waals surface area contributed by atoms with E-state index in [9.17, 15) is 0 Å². The predicted molar refractivity (Wildman–Crippen MR) is 95.2 cm³/mol. The molecule has 0 aromatic rings. The van der Waals surface area contributed by atoms with E-state index in [0.717, 1.165) is 6.61 Å². The first-order chi connectivity index (χ1) is 11.1. The fourth-order valence-corrected chi connectivity index (χ4v) is 5.87. The van der Waals surface area contributed by atoms with Gasteiger partial charge in [0.15, 0.2) is 0 Å². The largest absolute Gasteiger partial charge is 0.498 e. The van der Waals surface area contributed by atoms with Crippen molar-refractivity contribution in [1.29, 1.82) is 0 Å². The third-order valence-corrected chi connectivity index (χ3v) is 6.81. The van der Waals surface area contributed by atoms with Gasteiger partial charge in [-0.2, -0.15) is 0 Å². The first-order valence-corrected chi connectivity index (χ1v) is 9.61. The highest BCUT2D eigenvalue weighted by Gasteiger charge is 2.65. The Hall–Kier alpha value is -1.02. The maximum absolute atomic E-state index is 6.18. The maximum Gasteiger partial charge on any atom is 0.104 e. The number of nitrogens with zero attached hydrogens (tertiary/aromatic N) is 1. The van der Waals surface area contributed by atoms with Gasteiger partial charge >= 0.3 is 0 Å². The number of allylic oxidation sites excluding steroid dienone is 2. The van der Waals surface area contributed by atoms with Gasteiger partial charge in [-0.15, -0.1) is 0 Å². The lowest BCUT2D eigenvalue weighted by molar-refractivity contribution is 0.0722. The van der Waals surface area contributed by atoms with E-state index in [4.69, 9.17) is 4.74 Å². The summed E-state index contributed by atoms with van der Waals surface area (Å²) >= 11 is 0. The molecule has 0 N–H and O–H groups in total. The summed E-state index contributed by atoms with van der Waals surface area (Å²) in [5, 5.41) is 0. The number of ether oxygens (including phenoxy) is 1. The van der Waals surface area contributed by atoms with Crippen molar-refractivity contribution >= 4 is 0 Å². The third-order valence-electron chi connectivity index (χ3n) is 6.81. The van der Waals surface area contributed by atoms with Crippen LogP contribution in [-0.2, 0) is 4.74 Å². The Bertz CT molecular complexity index is 585. The van der Waals surface area contributed by atoms with Crippen molar-refractivity contribution in [3.63, 3.8) is 0 Å². The van der Waals surface area contributed by atoms with Gasteiger partial charge in [-0.05, 0) is 76.8 Å². The van der Waals surface area contributed by atoms with E-state index in [1.165, 1.54) is 57.1 Å². The van der Waals surface area contributed by atoms with Gasteiger partial charge in [-0.1, -0.05) is 25.0 Å². The second-order valence-electron chi connectivity index (χ2n) is 8.03. The summed E-state index contributed by atoms with van der Waals surface area (Å²) in [4.78, 5) is 2.48. The molecule has 1 fully saturated rings. The molecule has 0 aliphatic heterocycles. The number of hydrogen-bond acceptors (Lipinski definition) is 2. The second kappa shape index (κ2) is 5.51. The van der Waals surface area contributed by atoms with E-state index in [1.807, 2.05) is 0 Å². The molecule has 0 saturated heterocycles. The first kappa shape index (κ1) is 15.5. The Balaban J connectivity index is 1.84. The van der Waals surface area contributed by atoms with Gasteiger partial charge < -0.3 is 4.74 Å². The van der Waals surface area contributed by atoms with E-state index in [-0.39, 0.29) is 11.0 Å². The highest BCUT2D eigenvalue weighted by Crippen LogP contribution is 2.67. The van der Waals surface area contributed by atoms with Crippen LogP contribution in [0.15, 0.2) is 35.1 Å². The van der Waals surface area contributed by atoms with E-state index in [2.05, 4.69) is 44.1 Å². The van der Waals surface area contributed by atoms with Crippen molar-refractivity contribution in [3.05, 3.63) is 35.1 Å². The van der Waals surface area contributed by atoms with Crippen LogP contribution in [0.2, 0.25) is 0 Å². The molecule has 126 valence electrons. The minimum Gasteiger partial charge on any atom is -0.498 e. The summed E-state index contributed by atoms with van der Waals surface area (Å²) in [7, 11) is 4.54. The van der Waals surface area contributed by atoms with Crippen molar-refractivity contribution in [2.75, 3.05) is 20.7 Å². The molecule has 0 aromatic carbocycles. The lowest BCUT2D eigenvalue weighted by Gasteiger charge is -2.44. The molecule has 23 heavy (non-hydrogen) atoms. The van der Waals surface area contributed by atoms with Crippen LogP contribution < -0.4 is 0 Å². The number of hydrogen-bond donors (Lipinski definition) is 0. The highest BCUT2D eigenvalue weighted by atomic mass is 16.5. The van der Waals surface area contributed by atoms with Crippen molar-refractivity contribution in [3.8, 4) is 0 Å². The van der Waals surface area contributed by atoms with Crippen molar-refractivity contribution in [2.24, 2.45) is 11.3 Å². The Kier molecular flexibility index (Phi) is 3.72. The predicted octanol–water partition coefficient (Wildman–Crippen LogP) is 4.84. The van der Waals surface area contributed by atoms with Crippen LogP contribution in [-0.4, -0.2) is 31.1 Å². The van der Waals surface area contributed by atoms with Gasteiger partial charge in [0.25, 0.3) is 0 Å². The average molecular weight is 313 g/mol. The minimum atomic E-state index is 0.0775. The van der Waals surface area contributed by atoms with Gasteiger partial charge in [0.05, 0.1) is 17.6 Å². The van der Waals surface area contributed by atoms with Crippen molar-refractivity contribution in [1.82, 2.24) is 4.90 Å². The molecule has 0 amide bonds. The molecule has 0 unspecified atom stereocenters. The average Bonchev–Trinajstić information content (AvgIpc) is 3.03. The Labute approximate surface area is 141 Å². The Morgan fingerprint density at radius 1 is 1.17 bits per heavy atom. The zero-order valence-electron chi connectivity index (χ0n) is 15.0. The summed E-state index contributed by atoms with van der Waals surface area (Å²) < 4.78 is 6.18. The summed E-state index contributed by atoms with van der Waals surface area (Å²) in [6.07, 6.45) is 18.2. The molecule has 4 aliphatic rings. The fraction of sp³-hybridized carbons (Fsp3) is 0.714. The van der Waals surface area contributed by atoms with Crippen LogP contribution in [0.1, 0.15) is 58.3 Å². The van der Waals surface area contributed by atoms with Crippen LogP contribution in [0, 0.1) is 11.3 Å². The Morgan fingerprint density at radius 2 is 2.04 bits per heavy atom. The first-order valence-electron chi connectivity index (χ1n) is 9.61. The summed E-state index contributed by atoms with van der Waals surface area (Å²) in [5.74, 6) is 1.96. The van der Waals surface area contributed by atoms with E-state index < -0.39 is 0 Å². The molecular weight excluding hydrogens is 282 g/mol. The number of rotatable bonds is 4. The normalized spacial score (nSPS) is 39.0. The second-order valence-corrected chi connectivity index (χ2v) is 8.03. The van der Waals surface area contributed by atoms with Gasteiger partial charge in [-0.25, -0.2) is 0 Å². The quantitative estimate of drug-likeness (QED) is 0.736. The zero-order valence-corrected chi connectivity index (χ0v) is 15.0. The smallest absolute Gasteiger partial charge is 0.104 e. The Morgan fingerprint density at radius 3 is 2.74 bits per heavy atom. The monoisotopic (exact) mass is 313 g/mol. The minimum absolute atomic E-state index is 0.0775. The highest BCUT2D eigenvalue weighted by molar-refractivity contribution is 5.59. The third kappa shape index (κ3) is 1.97. The van der Waals surface area contributed by atoms with Gasteiger partial charge in [0.2, 0.25) is 0 Å². The lowest BCUT2D eigenvalue weighted by Crippen LogP contribution is -2.49. The topological polar surface area (TPSA) is 12.5 Å². The van der Waals surface area contributed by atoms with Gasteiger partial charge in [-0.3, -0.25) is 4.90 Å². The van der Waals surface area contributed by atoms with Crippen LogP contribution in [0.4, 0.5) is 0 Å². The van der Waals surface area contributed by atoms with Gasteiger partial charge in [0.1, 0.15) is 5.76 Å². The molecule has 2 nitrogen and oxygen atoms in total.